The minimum atomic E-state index is -0.327. The van der Waals surface area contributed by atoms with Gasteiger partial charge in [-0.3, -0.25) is 10.1 Å². The maximum Gasteiger partial charge on any atom is 0.335 e. The topological polar surface area (TPSA) is 110 Å². The van der Waals surface area contributed by atoms with Crippen molar-refractivity contribution >= 4 is 22.5 Å². The van der Waals surface area contributed by atoms with Crippen LogP contribution in [0.15, 0.2) is 49.1 Å². The number of hydrazine groups is 1. The highest BCUT2D eigenvalue weighted by Crippen LogP contribution is 2.23. The molecule has 1 aromatic carbocycles. The third-order valence-corrected chi connectivity index (χ3v) is 4.17. The molecule has 0 atom stereocenters. The molecule has 4 aromatic rings. The molecule has 0 radical (unpaired) electrons. The molecular formula is C18H18FN8+. The number of pyridine rings is 1. The lowest BCUT2D eigenvalue weighted by molar-refractivity contribution is -0.363. The van der Waals surface area contributed by atoms with Crippen LogP contribution in [0.4, 0.5) is 16.0 Å². The number of hydrogen-bond donors (Lipinski definition) is 3. The summed E-state index contributed by atoms with van der Waals surface area (Å²) in [5.74, 6) is 6.63. The second-order valence-electron chi connectivity index (χ2n) is 6.07. The first-order valence-corrected chi connectivity index (χ1v) is 8.29. The maximum atomic E-state index is 14.4. The summed E-state index contributed by atoms with van der Waals surface area (Å²) in [4.78, 5) is 11.9. The fourth-order valence-corrected chi connectivity index (χ4v) is 2.80. The van der Waals surface area contributed by atoms with E-state index in [4.69, 9.17) is 5.84 Å². The third-order valence-electron chi connectivity index (χ3n) is 4.17. The number of H-pyrrole nitrogens is 2. The van der Waals surface area contributed by atoms with E-state index >= 15 is 0 Å². The van der Waals surface area contributed by atoms with Crippen molar-refractivity contribution in [1.29, 1.82) is 0 Å². The van der Waals surface area contributed by atoms with E-state index in [1.54, 1.807) is 37.9 Å². The Morgan fingerprint density at radius 3 is 3.04 bits per heavy atom. The van der Waals surface area contributed by atoms with Gasteiger partial charge in [0, 0.05) is 41.5 Å². The van der Waals surface area contributed by atoms with E-state index in [9.17, 15) is 4.39 Å². The van der Waals surface area contributed by atoms with Gasteiger partial charge in [-0.25, -0.2) is 14.4 Å². The number of rotatable bonds is 5. The molecule has 9 heteroatoms. The molecule has 0 aliphatic heterocycles. The standard InChI is InChI=1S/C18H17FN8/c1-27(20)18-17(26-16(10-23-18)13-8-24-25-9-13)22-7-12-5-11-3-2-4-21-15(11)6-14(12)19/h2-6,8-10H,7,20H2,1H3,(H,22,26)(H,24,25)/p+1. The second kappa shape index (κ2) is 6.96. The van der Waals surface area contributed by atoms with Crippen molar-refractivity contribution < 1.29 is 9.37 Å². The van der Waals surface area contributed by atoms with Crippen LogP contribution in [0.2, 0.25) is 0 Å². The van der Waals surface area contributed by atoms with Gasteiger partial charge < -0.3 is 5.32 Å². The molecule has 0 spiro atoms. The van der Waals surface area contributed by atoms with E-state index in [0.717, 1.165) is 10.9 Å². The van der Waals surface area contributed by atoms with Crippen LogP contribution >= 0.6 is 0 Å². The Hall–Kier alpha value is -3.59. The molecule has 0 bridgehead atoms. The largest absolute Gasteiger partial charge is 0.359 e. The van der Waals surface area contributed by atoms with E-state index in [2.05, 4.69) is 30.5 Å². The van der Waals surface area contributed by atoms with Crippen LogP contribution in [-0.4, -0.2) is 27.2 Å². The highest BCUT2D eigenvalue weighted by molar-refractivity contribution is 5.79. The lowest BCUT2D eigenvalue weighted by Gasteiger charge is -2.12. The summed E-state index contributed by atoms with van der Waals surface area (Å²) in [5, 5.41) is 12.1. The molecule has 4 rings (SSSR count). The number of nitrogens with one attached hydrogen (secondary N) is 3. The third kappa shape index (κ3) is 3.40. The van der Waals surface area contributed by atoms with Gasteiger partial charge in [0.05, 0.1) is 18.8 Å². The number of nitrogens with two attached hydrogens (primary N) is 1. The van der Waals surface area contributed by atoms with Crippen LogP contribution in [0.5, 0.6) is 0 Å². The van der Waals surface area contributed by atoms with Gasteiger partial charge in [0.25, 0.3) is 0 Å². The molecule has 0 saturated carbocycles. The van der Waals surface area contributed by atoms with Crippen molar-refractivity contribution in [2.24, 2.45) is 5.84 Å². The first-order valence-electron chi connectivity index (χ1n) is 8.29. The predicted molar refractivity (Wildman–Crippen MR) is 100.0 cm³/mol. The van der Waals surface area contributed by atoms with Crippen LogP contribution in [0.3, 0.4) is 0 Å². The maximum absolute atomic E-state index is 14.4. The number of hydrogen-bond acceptors (Lipinski definition) is 6. The summed E-state index contributed by atoms with van der Waals surface area (Å²) < 4.78 is 14.4. The Balaban J connectivity index is 1.65. The summed E-state index contributed by atoms with van der Waals surface area (Å²) in [6.07, 6.45) is 6.78. The summed E-state index contributed by atoms with van der Waals surface area (Å²) in [6, 6.07) is 6.93. The highest BCUT2D eigenvalue weighted by atomic mass is 19.1. The number of halogens is 1. The summed E-state index contributed by atoms with van der Waals surface area (Å²) >= 11 is 0. The fraction of sp³-hybridized carbons (Fsp3) is 0.111. The fourth-order valence-electron chi connectivity index (χ4n) is 2.80. The summed E-state index contributed by atoms with van der Waals surface area (Å²) in [5.41, 5.74) is 2.63. The number of anilines is 2. The van der Waals surface area contributed by atoms with Crippen molar-refractivity contribution in [3.63, 3.8) is 0 Å². The zero-order valence-electron chi connectivity index (χ0n) is 14.6. The first-order chi connectivity index (χ1) is 13.1. The van der Waals surface area contributed by atoms with Gasteiger partial charge in [0.2, 0.25) is 5.82 Å². The van der Waals surface area contributed by atoms with E-state index in [0.29, 0.717) is 28.4 Å². The molecule has 0 amide bonds. The molecule has 136 valence electrons. The van der Waals surface area contributed by atoms with E-state index in [1.807, 2.05) is 12.1 Å². The zero-order valence-corrected chi connectivity index (χ0v) is 14.6. The summed E-state index contributed by atoms with van der Waals surface area (Å²) in [7, 11) is 1.69. The van der Waals surface area contributed by atoms with E-state index in [-0.39, 0.29) is 12.4 Å². The molecule has 0 unspecified atom stereocenters. The Bertz CT molecular complexity index is 1080. The van der Waals surface area contributed by atoms with Gasteiger partial charge in [-0.2, -0.15) is 16.0 Å². The van der Waals surface area contributed by atoms with Crippen molar-refractivity contribution in [3.05, 3.63) is 60.4 Å². The molecular weight excluding hydrogens is 347 g/mol. The van der Waals surface area contributed by atoms with Gasteiger partial charge in [0.1, 0.15) is 17.7 Å². The molecule has 3 aromatic heterocycles. The quantitative estimate of drug-likeness (QED) is 0.368. The van der Waals surface area contributed by atoms with Gasteiger partial charge in [-0.05, 0) is 12.1 Å². The second-order valence-corrected chi connectivity index (χ2v) is 6.07. The van der Waals surface area contributed by atoms with Crippen LogP contribution in [0.25, 0.3) is 22.2 Å². The molecule has 3 heterocycles. The number of aromatic amines is 2. The highest BCUT2D eigenvalue weighted by Gasteiger charge is 2.18. The van der Waals surface area contributed by atoms with Crippen LogP contribution in [-0.2, 0) is 6.54 Å². The number of benzene rings is 1. The molecule has 0 aliphatic carbocycles. The molecule has 5 N–H and O–H groups in total. The van der Waals surface area contributed by atoms with Gasteiger partial charge in [-0.1, -0.05) is 6.07 Å². The van der Waals surface area contributed by atoms with Crippen LogP contribution < -0.4 is 21.2 Å². The lowest BCUT2D eigenvalue weighted by Crippen LogP contribution is -2.33. The normalized spacial score (nSPS) is 10.9. The van der Waals surface area contributed by atoms with E-state index < -0.39 is 0 Å². The Kier molecular flexibility index (Phi) is 4.35. The molecule has 0 aliphatic rings. The SMILES string of the molecule is CN(N)c1[nH+]cc(-c2cn[nH]c2)nc1NCc1cc2cccnc2cc1F. The Morgan fingerprint density at radius 2 is 2.26 bits per heavy atom. The molecule has 0 saturated heterocycles. The number of aromatic nitrogens is 5. The average Bonchev–Trinajstić information content (AvgIpc) is 3.21. The number of nitrogens with zero attached hydrogens (tertiary/aromatic N) is 4. The minimum absolute atomic E-state index is 0.243. The molecule has 0 fully saturated rings. The smallest absolute Gasteiger partial charge is 0.335 e. The van der Waals surface area contributed by atoms with Gasteiger partial charge in [-0.15, -0.1) is 0 Å². The Morgan fingerprint density at radius 1 is 1.37 bits per heavy atom. The average molecular weight is 365 g/mol. The van der Waals surface area contributed by atoms with E-state index in [1.165, 1.54) is 11.1 Å². The van der Waals surface area contributed by atoms with Crippen molar-refractivity contribution in [3.8, 4) is 11.3 Å². The van der Waals surface area contributed by atoms with Crippen LogP contribution in [0, 0.1) is 5.82 Å². The first kappa shape index (κ1) is 16.9. The lowest BCUT2D eigenvalue weighted by atomic mass is 10.1. The summed E-state index contributed by atoms with van der Waals surface area (Å²) in [6.45, 7) is 0.243. The molecule has 8 nitrogen and oxygen atoms in total. The van der Waals surface area contributed by atoms with Crippen molar-refractivity contribution in [1.82, 2.24) is 20.2 Å². The van der Waals surface area contributed by atoms with Crippen LogP contribution in [0.1, 0.15) is 5.56 Å². The monoisotopic (exact) mass is 365 g/mol. The van der Waals surface area contributed by atoms with Gasteiger partial charge >= 0.3 is 5.82 Å². The number of fused-ring (bicyclic) bond motifs is 1. The predicted octanol–water partition coefficient (Wildman–Crippen LogP) is 1.90. The van der Waals surface area contributed by atoms with Crippen molar-refractivity contribution in [2.75, 3.05) is 17.4 Å². The zero-order chi connectivity index (χ0) is 18.8. The van der Waals surface area contributed by atoms with Crippen molar-refractivity contribution in [2.45, 2.75) is 6.54 Å². The Labute approximate surface area is 154 Å². The van der Waals surface area contributed by atoms with Gasteiger partial charge in [0.15, 0.2) is 0 Å². The minimum Gasteiger partial charge on any atom is -0.359 e. The molecule has 27 heavy (non-hydrogen) atoms.